The highest BCUT2D eigenvalue weighted by Gasteiger charge is 2.47. The average molecular weight is 434 g/mol. The van der Waals surface area contributed by atoms with Crippen molar-refractivity contribution in [3.8, 4) is 0 Å². The van der Waals surface area contributed by atoms with Gasteiger partial charge in [-0.05, 0) is 20.8 Å². The van der Waals surface area contributed by atoms with Crippen molar-refractivity contribution in [2.45, 2.75) is 58.2 Å². The monoisotopic (exact) mass is 434 g/mol. The van der Waals surface area contributed by atoms with E-state index in [2.05, 4.69) is 4.98 Å². The molecule has 0 radical (unpaired) electrons. The molecule has 0 spiro atoms. The molecule has 0 saturated carbocycles. The van der Waals surface area contributed by atoms with Crippen LogP contribution in [0.2, 0.25) is 0 Å². The maximum Gasteiger partial charge on any atom is 0.330 e. The third-order valence-corrected chi connectivity index (χ3v) is 6.37. The maximum atomic E-state index is 15.0. The number of H-pyrrole nitrogens is 1. The second kappa shape index (κ2) is 8.93. The van der Waals surface area contributed by atoms with Gasteiger partial charge in [0.05, 0.1) is 24.7 Å². The van der Waals surface area contributed by atoms with Gasteiger partial charge in [-0.25, -0.2) is 9.18 Å². The Morgan fingerprint density at radius 1 is 1.45 bits per heavy atom. The minimum Gasteiger partial charge on any atom is -0.463 e. The van der Waals surface area contributed by atoms with Crippen LogP contribution in [0, 0.1) is 5.92 Å². The molecule has 1 aromatic rings. The van der Waals surface area contributed by atoms with Crippen LogP contribution >= 0.6 is 7.37 Å². The Morgan fingerprint density at radius 2 is 2.10 bits per heavy atom. The zero-order chi connectivity index (χ0) is 22.0. The number of carbonyl (C=O) groups excluding carboxylic acids is 1. The van der Waals surface area contributed by atoms with E-state index in [1.54, 1.807) is 20.8 Å². The molecule has 29 heavy (non-hydrogen) atoms. The Balaban J connectivity index is 1.99. The molecule has 1 saturated heterocycles. The Labute approximate surface area is 168 Å². The van der Waals surface area contributed by atoms with Crippen LogP contribution in [0.25, 0.3) is 0 Å². The Kier molecular flexibility index (Phi) is 7.24. The molecule has 5 atom stereocenters. The number of aromatic amines is 1. The molecule has 164 valence electrons. The predicted molar refractivity (Wildman–Crippen MR) is 104 cm³/mol. The largest absolute Gasteiger partial charge is 0.463 e. The minimum atomic E-state index is -3.17. The molecular weight excluding hydrogens is 406 g/mol. The van der Waals surface area contributed by atoms with Gasteiger partial charge in [-0.15, -0.1) is 0 Å². The molecule has 9 nitrogen and oxygen atoms in total. The number of nitrogens with one attached hydrogen (secondary N) is 1. The first-order valence-electron chi connectivity index (χ1n) is 9.38. The number of hydrogen-bond acceptors (Lipinski definition) is 7. The van der Waals surface area contributed by atoms with Gasteiger partial charge in [0.2, 0.25) is 7.37 Å². The summed E-state index contributed by atoms with van der Waals surface area (Å²) >= 11 is 0. The lowest BCUT2D eigenvalue weighted by molar-refractivity contribution is -0.151. The van der Waals surface area contributed by atoms with Crippen molar-refractivity contribution in [2.24, 2.45) is 5.92 Å². The first-order chi connectivity index (χ1) is 13.3. The highest BCUT2D eigenvalue weighted by Crippen LogP contribution is 2.47. The summed E-state index contributed by atoms with van der Waals surface area (Å²) in [5.74, 6) is -1.08. The molecule has 0 aliphatic carbocycles. The number of nitrogens with zero attached hydrogens (tertiary/aromatic N) is 1. The summed E-state index contributed by atoms with van der Waals surface area (Å²) in [5.41, 5.74) is -3.28. The molecule has 1 fully saturated rings. The Bertz CT molecular complexity index is 895. The second-order valence-electron chi connectivity index (χ2n) is 7.99. The molecule has 2 rings (SSSR count). The summed E-state index contributed by atoms with van der Waals surface area (Å²) < 4.78 is 44.8. The van der Waals surface area contributed by atoms with Gasteiger partial charge in [0, 0.05) is 31.5 Å². The fourth-order valence-corrected chi connectivity index (χ4v) is 4.93. The molecule has 1 aromatic heterocycles. The van der Waals surface area contributed by atoms with E-state index in [1.165, 1.54) is 19.8 Å². The summed E-state index contributed by atoms with van der Waals surface area (Å²) in [7, 11) is -3.17. The minimum absolute atomic E-state index is 0.0129. The lowest BCUT2D eigenvalue weighted by atomic mass is 10.0. The predicted octanol–water partition coefficient (Wildman–Crippen LogP) is 2.06. The topological polar surface area (TPSA) is 117 Å². The van der Waals surface area contributed by atoms with E-state index in [1.807, 2.05) is 0 Å². The number of carbonyl (C=O) groups is 1. The molecule has 0 aromatic carbocycles. The Morgan fingerprint density at radius 3 is 2.69 bits per heavy atom. The first-order valence-corrected chi connectivity index (χ1v) is 11.6. The van der Waals surface area contributed by atoms with Gasteiger partial charge in [0.15, 0.2) is 11.9 Å². The van der Waals surface area contributed by atoms with Crippen molar-refractivity contribution in [3.63, 3.8) is 0 Å². The molecule has 5 unspecified atom stereocenters. The molecule has 1 aliphatic rings. The van der Waals surface area contributed by atoms with Crippen molar-refractivity contribution in [3.05, 3.63) is 33.1 Å². The van der Waals surface area contributed by atoms with Crippen LogP contribution in [-0.4, -0.2) is 52.8 Å². The summed E-state index contributed by atoms with van der Waals surface area (Å²) in [6.07, 6.45) is -1.21. The number of halogens is 1. The van der Waals surface area contributed by atoms with Gasteiger partial charge >= 0.3 is 11.7 Å². The number of rotatable bonds is 8. The third-order valence-electron chi connectivity index (χ3n) is 4.46. The van der Waals surface area contributed by atoms with Gasteiger partial charge in [0.25, 0.3) is 5.56 Å². The number of esters is 1. The van der Waals surface area contributed by atoms with Crippen LogP contribution in [-0.2, 0) is 23.4 Å². The van der Waals surface area contributed by atoms with Gasteiger partial charge in [0.1, 0.15) is 0 Å². The van der Waals surface area contributed by atoms with Crippen molar-refractivity contribution in [1.82, 2.24) is 9.55 Å². The molecule has 11 heteroatoms. The summed E-state index contributed by atoms with van der Waals surface area (Å²) in [5, 5.41) is 0. The van der Waals surface area contributed by atoms with Crippen molar-refractivity contribution >= 4 is 13.3 Å². The highest BCUT2D eigenvalue weighted by molar-refractivity contribution is 7.58. The molecule has 2 heterocycles. The van der Waals surface area contributed by atoms with E-state index in [-0.39, 0.29) is 25.3 Å². The first kappa shape index (κ1) is 23.5. The third kappa shape index (κ3) is 6.35. The smallest absolute Gasteiger partial charge is 0.330 e. The number of hydrogen-bond donors (Lipinski definition) is 1. The maximum absolute atomic E-state index is 15.0. The van der Waals surface area contributed by atoms with Crippen LogP contribution in [0.4, 0.5) is 4.39 Å². The summed E-state index contributed by atoms with van der Waals surface area (Å²) in [6.45, 7) is 7.58. The molecule has 1 aliphatic heterocycles. The number of alkyl halides is 1. The van der Waals surface area contributed by atoms with Crippen LogP contribution in [0.3, 0.4) is 0 Å². The van der Waals surface area contributed by atoms with Crippen LogP contribution in [0.15, 0.2) is 21.9 Å². The van der Waals surface area contributed by atoms with E-state index in [0.717, 1.165) is 10.6 Å². The van der Waals surface area contributed by atoms with Crippen LogP contribution < -0.4 is 11.2 Å². The zero-order valence-corrected chi connectivity index (χ0v) is 18.1. The van der Waals surface area contributed by atoms with Gasteiger partial charge in [-0.3, -0.25) is 23.7 Å². The Hall–Kier alpha value is -1.77. The lowest BCUT2D eigenvalue weighted by Gasteiger charge is -2.22. The molecule has 0 bridgehead atoms. The van der Waals surface area contributed by atoms with Crippen LogP contribution in [0.1, 0.15) is 40.3 Å². The lowest BCUT2D eigenvalue weighted by Crippen LogP contribution is -2.38. The molecule has 1 N–H and O–H groups in total. The fourth-order valence-electron chi connectivity index (χ4n) is 3.20. The summed E-state index contributed by atoms with van der Waals surface area (Å²) in [6, 6.07) is 1.10. The van der Waals surface area contributed by atoms with Crippen molar-refractivity contribution in [1.29, 1.82) is 0 Å². The highest BCUT2D eigenvalue weighted by atomic mass is 31.2. The van der Waals surface area contributed by atoms with Gasteiger partial charge in [-0.1, -0.05) is 6.92 Å². The molecule has 0 amide bonds. The van der Waals surface area contributed by atoms with E-state index in [9.17, 15) is 23.3 Å². The van der Waals surface area contributed by atoms with E-state index in [0.29, 0.717) is 0 Å². The van der Waals surface area contributed by atoms with Crippen molar-refractivity contribution < 1.29 is 27.7 Å². The van der Waals surface area contributed by atoms with Crippen molar-refractivity contribution in [2.75, 3.05) is 19.4 Å². The SMILES string of the molecule is CC(C)OC(=O)C(C)CP(C)(=O)OCC1CC(C)(F)C(n2ccc(=O)[nH]c2=O)O1. The number of aromatic nitrogens is 2. The standard InChI is InChI=1S/C18H28FN2O7P/c1-11(2)27-15(23)12(3)10-29(5,25)26-9-13-8-18(4,19)16(28-13)21-7-6-14(22)20-17(21)24/h6-7,11-13,16H,8-10H2,1-5H3,(H,20,22,24). The van der Waals surface area contributed by atoms with E-state index < -0.39 is 48.5 Å². The zero-order valence-electron chi connectivity index (χ0n) is 17.2. The molecular formula is C18H28FN2O7P. The quantitative estimate of drug-likeness (QED) is 0.492. The van der Waals surface area contributed by atoms with Gasteiger partial charge in [-0.2, -0.15) is 0 Å². The van der Waals surface area contributed by atoms with Gasteiger partial charge < -0.3 is 14.0 Å². The second-order valence-corrected chi connectivity index (χ2v) is 10.6. The fraction of sp³-hybridized carbons (Fsp3) is 0.722. The average Bonchev–Trinajstić information content (AvgIpc) is 2.87. The summed E-state index contributed by atoms with van der Waals surface area (Å²) in [4.78, 5) is 37.1. The normalized spacial score (nSPS) is 27.6. The van der Waals surface area contributed by atoms with E-state index >= 15 is 0 Å². The van der Waals surface area contributed by atoms with E-state index in [4.69, 9.17) is 14.0 Å². The number of ether oxygens (including phenoxy) is 2. The van der Waals surface area contributed by atoms with Crippen LogP contribution in [0.5, 0.6) is 0 Å².